The summed E-state index contributed by atoms with van der Waals surface area (Å²) in [6, 6.07) is 17.1. The molecule has 0 aromatic heterocycles. The molecule has 1 heterocycles. The Balaban J connectivity index is 1.47. The van der Waals surface area contributed by atoms with Gasteiger partial charge in [0.2, 0.25) is 0 Å². The topological polar surface area (TPSA) is 6.48 Å². The summed E-state index contributed by atoms with van der Waals surface area (Å²) in [4.78, 5) is 5.14. The van der Waals surface area contributed by atoms with E-state index in [1.165, 1.54) is 24.1 Å². The molecule has 2 aliphatic rings. The van der Waals surface area contributed by atoms with E-state index < -0.39 is 0 Å². The lowest BCUT2D eigenvalue weighted by atomic mass is 9.72. The summed E-state index contributed by atoms with van der Waals surface area (Å²) < 4.78 is 1.15. The van der Waals surface area contributed by atoms with E-state index in [9.17, 15) is 0 Å². The van der Waals surface area contributed by atoms with Crippen LogP contribution in [-0.2, 0) is 0 Å². The molecule has 0 amide bonds. The van der Waals surface area contributed by atoms with Gasteiger partial charge in [-0.05, 0) is 66.1 Å². The second-order valence-electron chi connectivity index (χ2n) is 9.17. The van der Waals surface area contributed by atoms with E-state index in [-0.39, 0.29) is 0 Å². The summed E-state index contributed by atoms with van der Waals surface area (Å²) in [5, 5.41) is 0.814. The largest absolute Gasteiger partial charge is 0.369 e. The van der Waals surface area contributed by atoms with Crippen LogP contribution in [0.2, 0.25) is 5.02 Å². The summed E-state index contributed by atoms with van der Waals surface area (Å²) in [6.45, 7) is 10.3. The Hall–Kier alpha value is -1.29. The van der Waals surface area contributed by atoms with Gasteiger partial charge in [0, 0.05) is 47.9 Å². The summed E-state index contributed by atoms with van der Waals surface area (Å²) in [6.07, 6.45) is 3.64. The van der Waals surface area contributed by atoms with Crippen molar-refractivity contribution in [1.29, 1.82) is 0 Å². The van der Waals surface area contributed by atoms with Crippen LogP contribution in [-0.4, -0.2) is 37.6 Å². The first kappa shape index (κ1) is 21.0. The fourth-order valence-electron chi connectivity index (χ4n) is 4.57. The molecule has 0 unspecified atom stereocenters. The third-order valence-corrected chi connectivity index (χ3v) is 7.08. The van der Waals surface area contributed by atoms with Crippen molar-refractivity contribution in [3.05, 3.63) is 69.2 Å². The fraction of sp³-hybridized carbons (Fsp3) is 0.440. The van der Waals surface area contributed by atoms with Crippen molar-refractivity contribution in [1.82, 2.24) is 4.90 Å². The summed E-state index contributed by atoms with van der Waals surface area (Å²) >= 11 is 9.74. The van der Waals surface area contributed by atoms with Crippen LogP contribution in [0.1, 0.15) is 38.7 Å². The molecule has 1 aliphatic heterocycles. The maximum atomic E-state index is 6.14. The highest BCUT2D eigenvalue weighted by atomic mass is 79.9. The van der Waals surface area contributed by atoms with Gasteiger partial charge >= 0.3 is 0 Å². The van der Waals surface area contributed by atoms with E-state index in [1.54, 1.807) is 11.1 Å². The Labute approximate surface area is 188 Å². The molecular weight excluding hydrogens is 444 g/mol. The van der Waals surface area contributed by atoms with Gasteiger partial charge in [-0.1, -0.05) is 65.2 Å². The molecule has 29 heavy (non-hydrogen) atoms. The van der Waals surface area contributed by atoms with Crippen molar-refractivity contribution in [3.8, 4) is 0 Å². The van der Waals surface area contributed by atoms with Crippen LogP contribution in [0.25, 0.3) is 5.57 Å². The lowest BCUT2D eigenvalue weighted by Gasteiger charge is -2.39. The third kappa shape index (κ3) is 5.25. The number of piperazine rings is 1. The van der Waals surface area contributed by atoms with Crippen molar-refractivity contribution >= 4 is 38.8 Å². The summed E-state index contributed by atoms with van der Waals surface area (Å²) in [5.74, 6) is 0. The van der Waals surface area contributed by atoms with Crippen molar-refractivity contribution in [2.24, 2.45) is 5.41 Å². The number of allylic oxidation sites excluding steroid dienone is 1. The van der Waals surface area contributed by atoms with E-state index in [2.05, 4.69) is 76.0 Å². The van der Waals surface area contributed by atoms with Crippen LogP contribution in [0, 0.1) is 5.41 Å². The van der Waals surface area contributed by atoms with E-state index in [4.69, 9.17) is 11.6 Å². The average molecular weight is 474 g/mol. The molecule has 0 saturated carbocycles. The van der Waals surface area contributed by atoms with E-state index >= 15 is 0 Å². The molecule has 1 saturated heterocycles. The smallest absolute Gasteiger partial charge is 0.0406 e. The predicted molar refractivity (Wildman–Crippen MR) is 129 cm³/mol. The first-order valence-corrected chi connectivity index (χ1v) is 11.8. The molecule has 4 heteroatoms. The van der Waals surface area contributed by atoms with Crippen LogP contribution in [0.3, 0.4) is 0 Å². The first-order chi connectivity index (χ1) is 13.9. The number of benzene rings is 2. The van der Waals surface area contributed by atoms with Gasteiger partial charge in [0.15, 0.2) is 0 Å². The molecule has 0 N–H and O–H groups in total. The van der Waals surface area contributed by atoms with Gasteiger partial charge in [-0.15, -0.1) is 0 Å². The molecule has 1 fully saturated rings. The average Bonchev–Trinajstić information content (AvgIpc) is 2.70. The molecule has 0 bridgehead atoms. The zero-order valence-corrected chi connectivity index (χ0v) is 19.8. The van der Waals surface area contributed by atoms with Crippen LogP contribution < -0.4 is 4.90 Å². The normalized spacial score (nSPS) is 20.2. The Kier molecular flexibility index (Phi) is 6.38. The zero-order chi connectivity index (χ0) is 20.4. The summed E-state index contributed by atoms with van der Waals surface area (Å²) in [5.41, 5.74) is 6.22. The van der Waals surface area contributed by atoms with Crippen LogP contribution in [0.5, 0.6) is 0 Å². The van der Waals surface area contributed by atoms with Crippen molar-refractivity contribution in [2.75, 3.05) is 37.6 Å². The van der Waals surface area contributed by atoms with Gasteiger partial charge in [-0.2, -0.15) is 0 Å². The van der Waals surface area contributed by atoms with Gasteiger partial charge in [-0.25, -0.2) is 0 Å². The number of halogens is 2. The number of nitrogens with zero attached hydrogens (tertiary/aromatic N) is 2. The molecular formula is C25H30BrClN2. The molecule has 2 aromatic rings. The van der Waals surface area contributed by atoms with E-state index in [0.717, 1.165) is 48.6 Å². The predicted octanol–water partition coefficient (Wildman–Crippen LogP) is 6.89. The highest BCUT2D eigenvalue weighted by molar-refractivity contribution is 9.10. The summed E-state index contributed by atoms with van der Waals surface area (Å²) in [7, 11) is 0. The third-order valence-electron chi connectivity index (χ3n) is 6.34. The SMILES string of the molecule is CC1(C)CCC(CN2CCN(c3cccc(Br)c3)CC2)=C(c2ccc(Cl)cc2)C1. The highest BCUT2D eigenvalue weighted by Crippen LogP contribution is 2.43. The number of hydrogen-bond acceptors (Lipinski definition) is 2. The Morgan fingerprint density at radius 1 is 1.00 bits per heavy atom. The van der Waals surface area contributed by atoms with Gasteiger partial charge < -0.3 is 4.90 Å². The van der Waals surface area contributed by atoms with Crippen LogP contribution in [0.4, 0.5) is 5.69 Å². The zero-order valence-electron chi connectivity index (χ0n) is 17.4. The molecule has 2 aromatic carbocycles. The maximum absolute atomic E-state index is 6.14. The molecule has 154 valence electrons. The Bertz CT molecular complexity index is 880. The molecule has 0 spiro atoms. The molecule has 0 radical (unpaired) electrons. The van der Waals surface area contributed by atoms with Gasteiger partial charge in [0.1, 0.15) is 0 Å². The Morgan fingerprint density at radius 2 is 1.72 bits per heavy atom. The van der Waals surface area contributed by atoms with Crippen LogP contribution in [0.15, 0.2) is 58.6 Å². The van der Waals surface area contributed by atoms with Crippen molar-refractivity contribution < 1.29 is 0 Å². The van der Waals surface area contributed by atoms with E-state index in [0.29, 0.717) is 5.41 Å². The minimum Gasteiger partial charge on any atom is -0.369 e. The number of hydrogen-bond donors (Lipinski definition) is 0. The standard InChI is InChI=1S/C25H30BrClN2/c1-25(2)11-10-20(24(17-25)19-6-8-22(27)9-7-19)18-28-12-14-29(15-13-28)23-5-3-4-21(26)16-23/h3-9,16H,10-15,17-18H2,1-2H3. The number of anilines is 1. The molecule has 0 atom stereocenters. The molecule has 1 aliphatic carbocycles. The molecule has 4 rings (SSSR count). The van der Waals surface area contributed by atoms with Gasteiger partial charge in [-0.3, -0.25) is 4.90 Å². The van der Waals surface area contributed by atoms with Crippen LogP contribution >= 0.6 is 27.5 Å². The lowest BCUT2D eigenvalue weighted by molar-refractivity contribution is 0.264. The minimum atomic E-state index is 0.373. The lowest BCUT2D eigenvalue weighted by Crippen LogP contribution is -2.47. The Morgan fingerprint density at radius 3 is 2.41 bits per heavy atom. The van der Waals surface area contributed by atoms with Gasteiger partial charge in [0.05, 0.1) is 0 Å². The van der Waals surface area contributed by atoms with E-state index in [1.807, 2.05) is 12.1 Å². The second kappa shape index (κ2) is 8.83. The quantitative estimate of drug-likeness (QED) is 0.477. The second-order valence-corrected chi connectivity index (χ2v) is 10.5. The fourth-order valence-corrected chi connectivity index (χ4v) is 5.08. The molecule has 2 nitrogen and oxygen atoms in total. The highest BCUT2D eigenvalue weighted by Gasteiger charge is 2.29. The monoisotopic (exact) mass is 472 g/mol. The van der Waals surface area contributed by atoms with Crippen molar-refractivity contribution in [2.45, 2.75) is 33.1 Å². The maximum Gasteiger partial charge on any atom is 0.0406 e. The van der Waals surface area contributed by atoms with Crippen molar-refractivity contribution in [3.63, 3.8) is 0 Å². The first-order valence-electron chi connectivity index (χ1n) is 10.6. The minimum absolute atomic E-state index is 0.373. The van der Waals surface area contributed by atoms with Gasteiger partial charge in [0.25, 0.3) is 0 Å². The number of rotatable bonds is 4.